The Morgan fingerprint density at radius 1 is 1.00 bits per heavy atom. The van der Waals surface area contributed by atoms with Crippen molar-refractivity contribution in [2.24, 2.45) is 11.3 Å². The van der Waals surface area contributed by atoms with Crippen molar-refractivity contribution in [2.45, 2.75) is 66.4 Å². The smallest absolute Gasteiger partial charge is 0.0573 e. The van der Waals surface area contributed by atoms with Crippen LogP contribution in [0.15, 0.2) is 0 Å². The molecule has 0 saturated carbocycles. The van der Waals surface area contributed by atoms with Gasteiger partial charge in [-0.05, 0) is 24.2 Å². The molecular weight excluding hydrogens is 160 g/mol. The first-order chi connectivity index (χ1) is 5.93. The molecule has 0 aliphatic carbocycles. The molecule has 0 bridgehead atoms. The maximum atomic E-state index is 9.98. The van der Waals surface area contributed by atoms with E-state index in [4.69, 9.17) is 0 Å². The second-order valence-electron chi connectivity index (χ2n) is 5.12. The summed E-state index contributed by atoms with van der Waals surface area (Å²) >= 11 is 0. The summed E-state index contributed by atoms with van der Waals surface area (Å²) in [7, 11) is 0. The first-order valence-electron chi connectivity index (χ1n) is 5.61. The van der Waals surface area contributed by atoms with E-state index in [0.29, 0.717) is 5.92 Å². The number of hydrogen-bond acceptors (Lipinski definition) is 1. The van der Waals surface area contributed by atoms with E-state index < -0.39 is 0 Å². The summed E-state index contributed by atoms with van der Waals surface area (Å²) < 4.78 is 0. The van der Waals surface area contributed by atoms with E-state index in [1.807, 2.05) is 0 Å². The fraction of sp³-hybridized carbons (Fsp3) is 1.00. The van der Waals surface area contributed by atoms with Crippen LogP contribution in [-0.4, -0.2) is 11.2 Å². The van der Waals surface area contributed by atoms with Crippen LogP contribution in [0, 0.1) is 11.3 Å². The minimum Gasteiger partial charge on any atom is -0.393 e. The van der Waals surface area contributed by atoms with Gasteiger partial charge in [0.05, 0.1) is 6.10 Å². The SMILES string of the molecule is CCCC(O)C(CCC)C(C)(C)C. The van der Waals surface area contributed by atoms with Crippen molar-refractivity contribution < 1.29 is 5.11 Å². The van der Waals surface area contributed by atoms with Gasteiger partial charge in [-0.15, -0.1) is 0 Å². The van der Waals surface area contributed by atoms with Gasteiger partial charge in [0.1, 0.15) is 0 Å². The van der Waals surface area contributed by atoms with Crippen LogP contribution in [0.5, 0.6) is 0 Å². The molecule has 1 heteroatoms. The van der Waals surface area contributed by atoms with E-state index in [2.05, 4.69) is 34.6 Å². The Bertz CT molecular complexity index is 124. The molecule has 13 heavy (non-hydrogen) atoms. The molecule has 0 amide bonds. The molecule has 2 atom stereocenters. The Balaban J connectivity index is 4.23. The highest BCUT2D eigenvalue weighted by Crippen LogP contribution is 2.33. The first kappa shape index (κ1) is 13.0. The lowest BCUT2D eigenvalue weighted by Gasteiger charge is -2.34. The Kier molecular flexibility index (Phi) is 5.62. The van der Waals surface area contributed by atoms with Crippen LogP contribution in [0.3, 0.4) is 0 Å². The van der Waals surface area contributed by atoms with E-state index in [9.17, 15) is 5.11 Å². The zero-order chi connectivity index (χ0) is 10.5. The minimum atomic E-state index is -0.107. The number of aliphatic hydroxyl groups is 1. The highest BCUT2D eigenvalue weighted by atomic mass is 16.3. The van der Waals surface area contributed by atoms with E-state index in [1.165, 1.54) is 6.42 Å². The van der Waals surface area contributed by atoms with Crippen LogP contribution >= 0.6 is 0 Å². The molecular formula is C12H26O. The second-order valence-corrected chi connectivity index (χ2v) is 5.12. The number of aliphatic hydroxyl groups excluding tert-OH is 1. The fourth-order valence-electron chi connectivity index (χ4n) is 2.01. The molecule has 0 aromatic heterocycles. The Hall–Kier alpha value is -0.0400. The summed E-state index contributed by atoms with van der Waals surface area (Å²) in [6, 6.07) is 0. The van der Waals surface area contributed by atoms with Crippen molar-refractivity contribution >= 4 is 0 Å². The third-order valence-electron chi connectivity index (χ3n) is 2.76. The zero-order valence-electron chi connectivity index (χ0n) is 9.93. The maximum absolute atomic E-state index is 9.98. The van der Waals surface area contributed by atoms with E-state index in [0.717, 1.165) is 19.3 Å². The molecule has 0 spiro atoms. The molecule has 0 radical (unpaired) electrons. The molecule has 0 heterocycles. The largest absolute Gasteiger partial charge is 0.393 e. The summed E-state index contributed by atoms with van der Waals surface area (Å²) in [6.45, 7) is 11.0. The third kappa shape index (κ3) is 4.66. The molecule has 0 aliphatic rings. The lowest BCUT2D eigenvalue weighted by atomic mass is 9.74. The van der Waals surface area contributed by atoms with E-state index >= 15 is 0 Å². The van der Waals surface area contributed by atoms with Gasteiger partial charge in [-0.2, -0.15) is 0 Å². The van der Waals surface area contributed by atoms with Gasteiger partial charge in [0.15, 0.2) is 0 Å². The maximum Gasteiger partial charge on any atom is 0.0573 e. The highest BCUT2D eigenvalue weighted by Gasteiger charge is 2.29. The van der Waals surface area contributed by atoms with E-state index in [-0.39, 0.29) is 11.5 Å². The fourth-order valence-corrected chi connectivity index (χ4v) is 2.01. The summed E-state index contributed by atoms with van der Waals surface area (Å²) in [5.41, 5.74) is 0.241. The third-order valence-corrected chi connectivity index (χ3v) is 2.76. The van der Waals surface area contributed by atoms with Gasteiger partial charge in [0.25, 0.3) is 0 Å². The van der Waals surface area contributed by atoms with Crippen LogP contribution in [0.1, 0.15) is 60.3 Å². The average molecular weight is 186 g/mol. The van der Waals surface area contributed by atoms with Crippen LogP contribution in [-0.2, 0) is 0 Å². The normalized spacial score (nSPS) is 17.1. The highest BCUT2D eigenvalue weighted by molar-refractivity contribution is 4.79. The Morgan fingerprint density at radius 2 is 1.46 bits per heavy atom. The van der Waals surface area contributed by atoms with Gasteiger partial charge in [-0.1, -0.05) is 47.5 Å². The Labute approximate surface area is 83.5 Å². The quantitative estimate of drug-likeness (QED) is 0.695. The van der Waals surface area contributed by atoms with Crippen molar-refractivity contribution in [1.82, 2.24) is 0 Å². The van der Waals surface area contributed by atoms with Gasteiger partial charge >= 0.3 is 0 Å². The Morgan fingerprint density at radius 3 is 1.77 bits per heavy atom. The van der Waals surface area contributed by atoms with Crippen LogP contribution in [0.2, 0.25) is 0 Å². The topological polar surface area (TPSA) is 20.2 Å². The van der Waals surface area contributed by atoms with Crippen molar-refractivity contribution in [1.29, 1.82) is 0 Å². The second kappa shape index (κ2) is 5.64. The molecule has 0 fully saturated rings. The van der Waals surface area contributed by atoms with Crippen molar-refractivity contribution in [2.75, 3.05) is 0 Å². The lowest BCUT2D eigenvalue weighted by molar-refractivity contribution is 0.0304. The van der Waals surface area contributed by atoms with Crippen molar-refractivity contribution in [3.63, 3.8) is 0 Å². The average Bonchev–Trinajstić information content (AvgIpc) is 1.98. The van der Waals surface area contributed by atoms with Gasteiger partial charge in [-0.25, -0.2) is 0 Å². The number of hydrogen-bond donors (Lipinski definition) is 1. The first-order valence-corrected chi connectivity index (χ1v) is 5.61. The molecule has 0 aliphatic heterocycles. The summed E-state index contributed by atoms with van der Waals surface area (Å²) in [5, 5.41) is 9.98. The molecule has 0 aromatic rings. The summed E-state index contributed by atoms with van der Waals surface area (Å²) in [4.78, 5) is 0. The van der Waals surface area contributed by atoms with Gasteiger partial charge in [-0.3, -0.25) is 0 Å². The summed E-state index contributed by atoms with van der Waals surface area (Å²) in [5.74, 6) is 0.456. The van der Waals surface area contributed by atoms with Crippen LogP contribution in [0.4, 0.5) is 0 Å². The van der Waals surface area contributed by atoms with Crippen LogP contribution < -0.4 is 0 Å². The molecule has 1 N–H and O–H groups in total. The van der Waals surface area contributed by atoms with Gasteiger partial charge < -0.3 is 5.11 Å². The molecule has 0 rings (SSSR count). The van der Waals surface area contributed by atoms with Crippen molar-refractivity contribution in [3.8, 4) is 0 Å². The summed E-state index contributed by atoms with van der Waals surface area (Å²) in [6.07, 6.45) is 4.23. The molecule has 0 aromatic carbocycles. The van der Waals surface area contributed by atoms with Gasteiger partial charge in [0, 0.05) is 0 Å². The minimum absolute atomic E-state index is 0.107. The van der Waals surface area contributed by atoms with Gasteiger partial charge in [0.2, 0.25) is 0 Å². The van der Waals surface area contributed by atoms with Crippen LogP contribution in [0.25, 0.3) is 0 Å². The monoisotopic (exact) mass is 186 g/mol. The van der Waals surface area contributed by atoms with Crippen molar-refractivity contribution in [3.05, 3.63) is 0 Å². The molecule has 1 nitrogen and oxygen atoms in total. The molecule has 80 valence electrons. The predicted molar refractivity (Wildman–Crippen MR) is 58.8 cm³/mol. The molecule has 2 unspecified atom stereocenters. The lowest BCUT2D eigenvalue weighted by Crippen LogP contribution is -2.32. The standard InChI is InChI=1S/C12H26O/c1-6-8-10(12(3,4)5)11(13)9-7-2/h10-11,13H,6-9H2,1-5H3. The van der Waals surface area contributed by atoms with E-state index in [1.54, 1.807) is 0 Å². The zero-order valence-corrected chi connectivity index (χ0v) is 9.93. The number of rotatable bonds is 5. The predicted octanol–water partition coefficient (Wildman–Crippen LogP) is 3.61. The molecule has 0 saturated heterocycles.